The fourth-order valence-electron chi connectivity index (χ4n) is 4.45. The first kappa shape index (κ1) is 18.0. The Hall–Kier alpha value is -3.02. The Bertz CT molecular complexity index is 1090. The fraction of sp³-hybridized carbons (Fsp3) is 0.391. The fourth-order valence-corrected chi connectivity index (χ4v) is 4.45. The summed E-state index contributed by atoms with van der Waals surface area (Å²) in [6.45, 7) is 6.01. The molecule has 0 radical (unpaired) electrons. The number of benzene rings is 1. The summed E-state index contributed by atoms with van der Waals surface area (Å²) in [7, 11) is 0. The van der Waals surface area contributed by atoms with Gasteiger partial charge in [0.15, 0.2) is 11.5 Å². The van der Waals surface area contributed by atoms with Gasteiger partial charge < -0.3 is 14.4 Å². The monoisotopic (exact) mass is 391 g/mol. The van der Waals surface area contributed by atoms with Crippen molar-refractivity contribution in [3.8, 4) is 11.5 Å². The number of imidazole rings is 1. The molecule has 0 N–H and O–H groups in total. The van der Waals surface area contributed by atoms with Crippen molar-refractivity contribution in [1.29, 1.82) is 0 Å². The summed E-state index contributed by atoms with van der Waals surface area (Å²) in [5.41, 5.74) is 4.44. The summed E-state index contributed by atoms with van der Waals surface area (Å²) in [4.78, 5) is 20.2. The van der Waals surface area contributed by atoms with Crippen LogP contribution in [0.15, 0.2) is 36.5 Å². The highest BCUT2D eigenvalue weighted by atomic mass is 16.5. The van der Waals surface area contributed by atoms with E-state index in [1.165, 1.54) is 0 Å². The zero-order valence-corrected chi connectivity index (χ0v) is 16.9. The second-order valence-corrected chi connectivity index (χ2v) is 7.84. The van der Waals surface area contributed by atoms with E-state index in [9.17, 15) is 4.79 Å². The second-order valence-electron chi connectivity index (χ2n) is 7.84. The minimum absolute atomic E-state index is 0.0365. The average Bonchev–Trinajstić information content (AvgIpc) is 3.26. The van der Waals surface area contributed by atoms with Gasteiger partial charge in [0.25, 0.3) is 5.91 Å². The van der Waals surface area contributed by atoms with Gasteiger partial charge in [0.1, 0.15) is 11.3 Å². The Morgan fingerprint density at radius 3 is 2.79 bits per heavy atom. The molecule has 0 aliphatic carbocycles. The van der Waals surface area contributed by atoms with Gasteiger partial charge in [-0.25, -0.2) is 4.98 Å². The first-order valence-electron chi connectivity index (χ1n) is 10.3. The topological polar surface area (TPSA) is 56.1 Å². The van der Waals surface area contributed by atoms with Crippen molar-refractivity contribution in [3.63, 3.8) is 0 Å². The minimum atomic E-state index is 0.0365. The lowest BCUT2D eigenvalue weighted by Crippen LogP contribution is -2.32. The number of aryl methyl sites for hydroxylation is 2. The molecule has 1 atom stereocenters. The number of carbonyl (C=O) groups is 1. The summed E-state index contributed by atoms with van der Waals surface area (Å²) in [5, 5.41) is 0. The maximum atomic E-state index is 13.6. The van der Waals surface area contributed by atoms with Crippen molar-refractivity contribution in [3.05, 3.63) is 59.0 Å². The largest absolute Gasteiger partial charge is 0.490 e. The first-order valence-corrected chi connectivity index (χ1v) is 10.3. The number of carbonyl (C=O) groups excluding carboxylic acids is 1. The van der Waals surface area contributed by atoms with E-state index in [0.717, 1.165) is 59.8 Å². The molecule has 6 heteroatoms. The molecule has 1 amide bonds. The van der Waals surface area contributed by atoms with Gasteiger partial charge in [-0.1, -0.05) is 12.1 Å². The van der Waals surface area contributed by atoms with Crippen LogP contribution in [-0.4, -0.2) is 40.0 Å². The Kier molecular flexibility index (Phi) is 4.42. The van der Waals surface area contributed by atoms with Crippen LogP contribution in [0.1, 0.15) is 52.6 Å². The van der Waals surface area contributed by atoms with Crippen LogP contribution in [0.25, 0.3) is 5.65 Å². The minimum Gasteiger partial charge on any atom is -0.490 e. The smallest absolute Gasteiger partial charge is 0.273 e. The molecule has 2 aromatic heterocycles. The van der Waals surface area contributed by atoms with Gasteiger partial charge in [-0.3, -0.25) is 9.20 Å². The molecule has 4 heterocycles. The van der Waals surface area contributed by atoms with Crippen LogP contribution >= 0.6 is 0 Å². The highest BCUT2D eigenvalue weighted by Gasteiger charge is 2.33. The molecule has 0 spiro atoms. The number of rotatable bonds is 2. The second kappa shape index (κ2) is 7.10. The van der Waals surface area contributed by atoms with E-state index in [1.54, 1.807) is 0 Å². The number of nitrogens with zero attached hydrogens (tertiary/aromatic N) is 3. The van der Waals surface area contributed by atoms with Gasteiger partial charge in [0, 0.05) is 19.2 Å². The number of likely N-dealkylation sites (tertiary alicyclic amines) is 1. The number of pyridine rings is 1. The number of amides is 1. The SMILES string of the molecule is Cc1nc2c(C)cccn2c1C(=O)N1CCC[C@H]1c1ccc2c(c1)OCCCO2. The quantitative estimate of drug-likeness (QED) is 0.660. The van der Waals surface area contributed by atoms with Gasteiger partial charge in [-0.15, -0.1) is 0 Å². The van der Waals surface area contributed by atoms with Crippen LogP contribution in [0, 0.1) is 13.8 Å². The zero-order valence-electron chi connectivity index (χ0n) is 16.9. The Morgan fingerprint density at radius 2 is 1.93 bits per heavy atom. The highest BCUT2D eigenvalue weighted by molar-refractivity contribution is 5.95. The molecule has 2 aliphatic rings. The molecular formula is C23H25N3O3. The van der Waals surface area contributed by atoms with Gasteiger partial charge in [0.05, 0.1) is 24.9 Å². The van der Waals surface area contributed by atoms with Crippen molar-refractivity contribution >= 4 is 11.6 Å². The van der Waals surface area contributed by atoms with E-state index < -0.39 is 0 Å². The van der Waals surface area contributed by atoms with E-state index in [1.807, 2.05) is 53.6 Å². The highest BCUT2D eigenvalue weighted by Crippen LogP contribution is 2.38. The number of fused-ring (bicyclic) bond motifs is 2. The third kappa shape index (κ3) is 3.03. The van der Waals surface area contributed by atoms with Gasteiger partial charge in [-0.2, -0.15) is 0 Å². The number of hydrogen-bond acceptors (Lipinski definition) is 4. The van der Waals surface area contributed by atoms with Crippen LogP contribution in [0.3, 0.4) is 0 Å². The average molecular weight is 391 g/mol. The van der Waals surface area contributed by atoms with E-state index in [0.29, 0.717) is 18.9 Å². The molecule has 29 heavy (non-hydrogen) atoms. The zero-order chi connectivity index (χ0) is 20.0. The Morgan fingerprint density at radius 1 is 1.10 bits per heavy atom. The standard InChI is InChI=1S/C23H25N3O3/c1-15-6-3-11-26-21(16(2)24-22(15)26)23(27)25-10-4-7-18(25)17-8-9-19-20(14-17)29-13-5-12-28-19/h3,6,8-9,11,14,18H,4-5,7,10,12-13H2,1-2H3/t18-/m0/s1. The lowest BCUT2D eigenvalue weighted by atomic mass is 10.0. The molecule has 5 rings (SSSR count). The first-order chi connectivity index (χ1) is 14.1. The molecular weight excluding hydrogens is 366 g/mol. The van der Waals surface area contributed by atoms with E-state index in [4.69, 9.17) is 9.47 Å². The van der Waals surface area contributed by atoms with Crippen molar-refractivity contribution in [2.75, 3.05) is 19.8 Å². The molecule has 0 bridgehead atoms. The van der Waals surface area contributed by atoms with Crippen LogP contribution in [-0.2, 0) is 0 Å². The normalized spacial score (nSPS) is 18.8. The van der Waals surface area contributed by atoms with E-state index in [-0.39, 0.29) is 11.9 Å². The number of ether oxygens (including phenoxy) is 2. The van der Waals surface area contributed by atoms with Gasteiger partial charge >= 0.3 is 0 Å². The van der Waals surface area contributed by atoms with Gasteiger partial charge in [-0.05, 0) is 56.0 Å². The molecule has 1 aromatic carbocycles. The van der Waals surface area contributed by atoms with E-state index >= 15 is 0 Å². The lowest BCUT2D eigenvalue weighted by molar-refractivity contribution is 0.0727. The van der Waals surface area contributed by atoms with Crippen molar-refractivity contribution < 1.29 is 14.3 Å². The molecule has 150 valence electrons. The summed E-state index contributed by atoms with van der Waals surface area (Å²) in [6, 6.07) is 10.1. The van der Waals surface area contributed by atoms with Crippen LogP contribution in [0.5, 0.6) is 11.5 Å². The van der Waals surface area contributed by atoms with Crippen molar-refractivity contribution in [2.24, 2.45) is 0 Å². The van der Waals surface area contributed by atoms with Crippen molar-refractivity contribution in [1.82, 2.24) is 14.3 Å². The summed E-state index contributed by atoms with van der Waals surface area (Å²) < 4.78 is 13.5. The molecule has 0 unspecified atom stereocenters. The maximum absolute atomic E-state index is 13.6. The lowest BCUT2D eigenvalue weighted by Gasteiger charge is -2.26. The van der Waals surface area contributed by atoms with Crippen molar-refractivity contribution in [2.45, 2.75) is 39.2 Å². The van der Waals surface area contributed by atoms with E-state index in [2.05, 4.69) is 11.1 Å². The maximum Gasteiger partial charge on any atom is 0.273 e. The Labute approximate surface area is 170 Å². The molecule has 2 aliphatic heterocycles. The van der Waals surface area contributed by atoms with Crippen LogP contribution < -0.4 is 9.47 Å². The number of hydrogen-bond donors (Lipinski definition) is 0. The molecule has 1 fully saturated rings. The van der Waals surface area contributed by atoms with Crippen LogP contribution in [0.2, 0.25) is 0 Å². The van der Waals surface area contributed by atoms with Gasteiger partial charge in [0.2, 0.25) is 0 Å². The molecule has 6 nitrogen and oxygen atoms in total. The predicted octanol–water partition coefficient (Wildman–Crippen LogP) is 4.09. The Balaban J connectivity index is 1.50. The van der Waals surface area contributed by atoms with Crippen LogP contribution in [0.4, 0.5) is 0 Å². The third-order valence-electron chi connectivity index (χ3n) is 5.89. The molecule has 1 saturated heterocycles. The molecule has 0 saturated carbocycles. The molecule has 3 aromatic rings. The summed E-state index contributed by atoms with van der Waals surface area (Å²) in [5.74, 6) is 1.60. The number of aromatic nitrogens is 2. The summed E-state index contributed by atoms with van der Waals surface area (Å²) >= 11 is 0. The summed E-state index contributed by atoms with van der Waals surface area (Å²) in [6.07, 6.45) is 4.74. The predicted molar refractivity (Wildman–Crippen MR) is 110 cm³/mol. The third-order valence-corrected chi connectivity index (χ3v) is 5.89.